The van der Waals surface area contributed by atoms with Crippen molar-refractivity contribution in [1.82, 2.24) is 0 Å². The molecule has 0 saturated heterocycles. The molecule has 4 aromatic rings. The molecule has 0 amide bonds. The quantitative estimate of drug-likeness (QED) is 0.489. The van der Waals surface area contributed by atoms with Crippen molar-refractivity contribution in [2.75, 3.05) is 0 Å². The van der Waals surface area contributed by atoms with Gasteiger partial charge in [-0.1, -0.05) is 24.3 Å². The Morgan fingerprint density at radius 3 is 2.27 bits per heavy atom. The van der Waals surface area contributed by atoms with Gasteiger partial charge in [-0.2, -0.15) is 0 Å². The van der Waals surface area contributed by atoms with Gasteiger partial charge in [0.2, 0.25) is 0 Å². The summed E-state index contributed by atoms with van der Waals surface area (Å²) in [7, 11) is 0. The van der Waals surface area contributed by atoms with E-state index >= 15 is 0 Å². The van der Waals surface area contributed by atoms with Crippen LogP contribution >= 0.6 is 0 Å². The molecule has 0 bridgehead atoms. The number of hydrogen-bond donors (Lipinski definition) is 0. The molecule has 3 heteroatoms. The van der Waals surface area contributed by atoms with Crippen molar-refractivity contribution >= 4 is 27.7 Å². The minimum atomic E-state index is -0.357. The fourth-order valence-corrected chi connectivity index (χ4v) is 2.64. The number of carbonyl (C=O) groups is 1. The first-order valence-electron chi connectivity index (χ1n) is 6.94. The van der Waals surface area contributed by atoms with Crippen LogP contribution in [0, 0.1) is 5.82 Å². The SMILES string of the molecule is O=C(c1ccc(F)cc1)c1ccc2c(c1)oc1ccccc12. The summed E-state index contributed by atoms with van der Waals surface area (Å²) in [6.45, 7) is 0. The van der Waals surface area contributed by atoms with Crippen LogP contribution in [0.15, 0.2) is 71.1 Å². The van der Waals surface area contributed by atoms with Crippen molar-refractivity contribution in [3.05, 3.63) is 83.7 Å². The van der Waals surface area contributed by atoms with Gasteiger partial charge < -0.3 is 4.42 Å². The summed E-state index contributed by atoms with van der Waals surface area (Å²) in [4.78, 5) is 12.5. The zero-order chi connectivity index (χ0) is 15.1. The van der Waals surface area contributed by atoms with Gasteiger partial charge in [-0.05, 0) is 42.5 Å². The van der Waals surface area contributed by atoms with E-state index in [0.717, 1.165) is 16.4 Å². The second-order valence-corrected chi connectivity index (χ2v) is 5.15. The van der Waals surface area contributed by atoms with Gasteiger partial charge in [0.25, 0.3) is 0 Å². The van der Waals surface area contributed by atoms with Gasteiger partial charge in [-0.3, -0.25) is 4.79 Å². The lowest BCUT2D eigenvalue weighted by molar-refractivity contribution is 0.103. The third kappa shape index (κ3) is 1.99. The number of carbonyl (C=O) groups excluding carboxylic acids is 1. The van der Waals surface area contributed by atoms with Gasteiger partial charge in [-0.25, -0.2) is 4.39 Å². The third-order valence-corrected chi connectivity index (χ3v) is 3.75. The molecule has 0 N–H and O–H groups in total. The molecule has 4 rings (SSSR count). The Morgan fingerprint density at radius 2 is 1.45 bits per heavy atom. The van der Waals surface area contributed by atoms with E-state index in [1.807, 2.05) is 30.3 Å². The van der Waals surface area contributed by atoms with E-state index in [9.17, 15) is 9.18 Å². The summed E-state index contributed by atoms with van der Waals surface area (Å²) >= 11 is 0. The summed E-state index contributed by atoms with van der Waals surface area (Å²) in [6, 6.07) is 18.7. The van der Waals surface area contributed by atoms with Crippen molar-refractivity contribution in [2.45, 2.75) is 0 Å². The summed E-state index contributed by atoms with van der Waals surface area (Å²) in [5.74, 6) is -0.508. The van der Waals surface area contributed by atoms with Gasteiger partial charge in [0, 0.05) is 21.9 Å². The number of fused-ring (bicyclic) bond motifs is 3. The standard InChI is InChI=1S/C19H11FO2/c20-14-8-5-12(6-9-14)19(21)13-7-10-16-15-3-1-2-4-17(15)22-18(16)11-13/h1-11H. The van der Waals surface area contributed by atoms with E-state index in [-0.39, 0.29) is 11.6 Å². The van der Waals surface area contributed by atoms with Crippen molar-refractivity contribution in [3.8, 4) is 0 Å². The summed E-state index contributed by atoms with van der Waals surface area (Å²) < 4.78 is 18.7. The van der Waals surface area contributed by atoms with Crippen LogP contribution in [0.4, 0.5) is 4.39 Å². The van der Waals surface area contributed by atoms with Gasteiger partial charge in [-0.15, -0.1) is 0 Å². The van der Waals surface area contributed by atoms with Gasteiger partial charge >= 0.3 is 0 Å². The van der Waals surface area contributed by atoms with Crippen molar-refractivity contribution < 1.29 is 13.6 Å². The Hall–Kier alpha value is -2.94. The van der Waals surface area contributed by atoms with Gasteiger partial charge in [0.1, 0.15) is 17.0 Å². The lowest BCUT2D eigenvalue weighted by atomic mass is 10.0. The topological polar surface area (TPSA) is 30.2 Å². The zero-order valence-corrected chi connectivity index (χ0v) is 11.5. The van der Waals surface area contributed by atoms with Crippen LogP contribution in [-0.4, -0.2) is 5.78 Å². The third-order valence-electron chi connectivity index (χ3n) is 3.75. The number of hydrogen-bond acceptors (Lipinski definition) is 2. The predicted octanol–water partition coefficient (Wildman–Crippen LogP) is 4.96. The first kappa shape index (κ1) is 12.8. The van der Waals surface area contributed by atoms with E-state index in [0.29, 0.717) is 16.7 Å². The van der Waals surface area contributed by atoms with Crippen LogP contribution in [0.3, 0.4) is 0 Å². The number of benzene rings is 3. The normalized spacial score (nSPS) is 11.1. The molecule has 0 aliphatic heterocycles. The molecular formula is C19H11FO2. The molecule has 0 fully saturated rings. The maximum atomic E-state index is 13.0. The largest absolute Gasteiger partial charge is 0.456 e. The van der Waals surface area contributed by atoms with E-state index in [2.05, 4.69) is 0 Å². The minimum Gasteiger partial charge on any atom is -0.456 e. The Balaban J connectivity index is 1.83. The average molecular weight is 290 g/mol. The molecular weight excluding hydrogens is 279 g/mol. The first-order valence-corrected chi connectivity index (χ1v) is 6.94. The number of rotatable bonds is 2. The molecule has 0 atom stereocenters. The zero-order valence-electron chi connectivity index (χ0n) is 11.5. The molecule has 1 heterocycles. The van der Waals surface area contributed by atoms with E-state index in [1.165, 1.54) is 24.3 Å². The number of halogens is 1. The van der Waals surface area contributed by atoms with Gasteiger partial charge in [0.05, 0.1) is 0 Å². The molecule has 0 saturated carbocycles. The lowest BCUT2D eigenvalue weighted by Crippen LogP contribution is -2.00. The van der Waals surface area contributed by atoms with Crippen molar-refractivity contribution in [3.63, 3.8) is 0 Å². The fourth-order valence-electron chi connectivity index (χ4n) is 2.64. The van der Waals surface area contributed by atoms with Crippen LogP contribution in [0.2, 0.25) is 0 Å². The van der Waals surface area contributed by atoms with Crippen LogP contribution in [0.25, 0.3) is 21.9 Å². The Morgan fingerprint density at radius 1 is 0.773 bits per heavy atom. The smallest absolute Gasteiger partial charge is 0.193 e. The van der Waals surface area contributed by atoms with E-state index in [4.69, 9.17) is 4.42 Å². The lowest BCUT2D eigenvalue weighted by Gasteiger charge is -2.01. The summed E-state index contributed by atoms with van der Waals surface area (Å²) in [5, 5.41) is 2.00. The molecule has 0 aliphatic rings. The van der Waals surface area contributed by atoms with Gasteiger partial charge in [0.15, 0.2) is 5.78 Å². The number of para-hydroxylation sites is 1. The molecule has 2 nitrogen and oxygen atoms in total. The molecule has 0 radical (unpaired) electrons. The van der Waals surface area contributed by atoms with Crippen molar-refractivity contribution in [2.24, 2.45) is 0 Å². The Bertz CT molecular complexity index is 997. The van der Waals surface area contributed by atoms with E-state index in [1.54, 1.807) is 12.1 Å². The average Bonchev–Trinajstić information content (AvgIpc) is 2.92. The Labute approximate surface area is 125 Å². The second-order valence-electron chi connectivity index (χ2n) is 5.15. The highest BCUT2D eigenvalue weighted by Crippen LogP contribution is 2.29. The Kier molecular flexibility index (Phi) is 2.79. The highest BCUT2D eigenvalue weighted by Gasteiger charge is 2.12. The molecule has 106 valence electrons. The molecule has 0 spiro atoms. The summed E-state index contributed by atoms with van der Waals surface area (Å²) in [6.07, 6.45) is 0. The van der Waals surface area contributed by atoms with Crippen LogP contribution in [0.5, 0.6) is 0 Å². The first-order chi connectivity index (χ1) is 10.7. The monoisotopic (exact) mass is 290 g/mol. The highest BCUT2D eigenvalue weighted by atomic mass is 19.1. The van der Waals surface area contributed by atoms with E-state index < -0.39 is 0 Å². The number of furan rings is 1. The summed E-state index contributed by atoms with van der Waals surface area (Å²) in [5.41, 5.74) is 2.45. The predicted molar refractivity (Wildman–Crippen MR) is 83.6 cm³/mol. The van der Waals surface area contributed by atoms with Crippen molar-refractivity contribution in [1.29, 1.82) is 0 Å². The van der Waals surface area contributed by atoms with Crippen LogP contribution < -0.4 is 0 Å². The fraction of sp³-hybridized carbons (Fsp3) is 0. The van der Waals surface area contributed by atoms with Crippen LogP contribution in [0.1, 0.15) is 15.9 Å². The molecule has 1 aromatic heterocycles. The molecule has 22 heavy (non-hydrogen) atoms. The minimum absolute atomic E-state index is 0.151. The highest BCUT2D eigenvalue weighted by molar-refractivity contribution is 6.12. The second kappa shape index (κ2) is 4.81. The number of ketones is 1. The molecule has 3 aromatic carbocycles. The maximum Gasteiger partial charge on any atom is 0.193 e. The molecule has 0 unspecified atom stereocenters. The van der Waals surface area contributed by atoms with Crippen LogP contribution in [-0.2, 0) is 0 Å². The molecule has 0 aliphatic carbocycles. The maximum absolute atomic E-state index is 13.0.